The van der Waals surface area contributed by atoms with Gasteiger partial charge in [-0.15, -0.1) is 0 Å². The Hall–Kier alpha value is -2.47. The molecule has 1 aromatic carbocycles. The predicted octanol–water partition coefficient (Wildman–Crippen LogP) is 2.53. The van der Waals surface area contributed by atoms with Crippen LogP contribution in [0.15, 0.2) is 42.6 Å². The van der Waals surface area contributed by atoms with E-state index in [4.69, 9.17) is 5.73 Å². The number of carbonyl (C=O) groups is 1. The number of thiazole rings is 1. The summed E-state index contributed by atoms with van der Waals surface area (Å²) in [5.74, 6) is 0.0742. The van der Waals surface area contributed by atoms with Crippen LogP contribution in [0.1, 0.15) is 10.4 Å². The maximum atomic E-state index is 12.0. The van der Waals surface area contributed by atoms with Crippen molar-refractivity contribution in [2.24, 2.45) is 0 Å². The first-order valence-corrected chi connectivity index (χ1v) is 6.42. The highest BCUT2D eigenvalue weighted by Crippen LogP contribution is 2.25. The van der Waals surface area contributed by atoms with E-state index in [1.165, 1.54) is 23.6 Å². The van der Waals surface area contributed by atoms with Crippen molar-refractivity contribution in [3.63, 3.8) is 0 Å². The molecule has 19 heavy (non-hydrogen) atoms. The van der Waals surface area contributed by atoms with Crippen molar-refractivity contribution < 1.29 is 4.79 Å². The Bertz CT molecular complexity index is 720. The van der Waals surface area contributed by atoms with Gasteiger partial charge < -0.3 is 5.73 Å². The maximum absolute atomic E-state index is 12.0. The first kappa shape index (κ1) is 11.6. The number of para-hydroxylation sites is 1. The van der Waals surface area contributed by atoms with E-state index in [1.807, 2.05) is 24.3 Å². The summed E-state index contributed by atoms with van der Waals surface area (Å²) in [5.41, 5.74) is 6.88. The van der Waals surface area contributed by atoms with Gasteiger partial charge >= 0.3 is 0 Å². The molecule has 0 saturated carbocycles. The lowest BCUT2D eigenvalue weighted by atomic mass is 10.2. The Labute approximate surface area is 113 Å². The number of amides is 1. The number of nitrogens with one attached hydrogen (secondary N) is 1. The molecule has 0 aliphatic heterocycles. The summed E-state index contributed by atoms with van der Waals surface area (Å²) >= 11 is 1.43. The van der Waals surface area contributed by atoms with Crippen LogP contribution in [0.5, 0.6) is 0 Å². The van der Waals surface area contributed by atoms with Gasteiger partial charge in [-0.25, -0.2) is 9.97 Å². The van der Waals surface area contributed by atoms with Crippen LogP contribution in [-0.4, -0.2) is 15.9 Å². The molecule has 2 aromatic heterocycles. The van der Waals surface area contributed by atoms with Gasteiger partial charge in [0.25, 0.3) is 5.91 Å². The van der Waals surface area contributed by atoms with Gasteiger partial charge in [0.1, 0.15) is 5.82 Å². The molecule has 0 aliphatic carbocycles. The molecule has 3 aromatic rings. The third kappa shape index (κ3) is 2.38. The van der Waals surface area contributed by atoms with E-state index < -0.39 is 0 Å². The predicted molar refractivity (Wildman–Crippen MR) is 76.2 cm³/mol. The van der Waals surface area contributed by atoms with Crippen molar-refractivity contribution in [3.05, 3.63) is 48.2 Å². The van der Waals surface area contributed by atoms with Crippen LogP contribution >= 0.6 is 11.3 Å². The van der Waals surface area contributed by atoms with Gasteiger partial charge in [-0.2, -0.15) is 0 Å². The fourth-order valence-corrected chi connectivity index (χ4v) is 2.55. The van der Waals surface area contributed by atoms with Gasteiger partial charge in [0, 0.05) is 11.8 Å². The van der Waals surface area contributed by atoms with E-state index in [-0.39, 0.29) is 5.91 Å². The highest BCUT2D eigenvalue weighted by molar-refractivity contribution is 7.22. The zero-order valence-electron chi connectivity index (χ0n) is 9.83. The normalized spacial score (nSPS) is 10.5. The minimum Gasteiger partial charge on any atom is -0.384 e. The van der Waals surface area contributed by atoms with Crippen LogP contribution < -0.4 is 11.1 Å². The molecular weight excluding hydrogens is 260 g/mol. The zero-order valence-corrected chi connectivity index (χ0v) is 10.6. The number of anilines is 2. The summed E-state index contributed by atoms with van der Waals surface area (Å²) in [6.07, 6.45) is 1.50. The fourth-order valence-electron chi connectivity index (χ4n) is 1.68. The van der Waals surface area contributed by atoms with Crippen molar-refractivity contribution in [3.8, 4) is 0 Å². The molecular formula is C13H10N4OS. The average Bonchev–Trinajstić information content (AvgIpc) is 2.80. The molecule has 0 unspecified atom stereocenters. The molecule has 0 aliphatic rings. The van der Waals surface area contributed by atoms with Crippen molar-refractivity contribution in [1.29, 1.82) is 0 Å². The van der Waals surface area contributed by atoms with Gasteiger partial charge in [0.2, 0.25) is 0 Å². The minimum atomic E-state index is -0.242. The lowest BCUT2D eigenvalue weighted by molar-refractivity contribution is 0.102. The van der Waals surface area contributed by atoms with Crippen LogP contribution in [0.4, 0.5) is 10.9 Å². The molecule has 94 valence electrons. The van der Waals surface area contributed by atoms with Crippen molar-refractivity contribution in [2.45, 2.75) is 0 Å². The van der Waals surface area contributed by atoms with E-state index in [2.05, 4.69) is 15.3 Å². The Morgan fingerprint density at radius 2 is 2.11 bits per heavy atom. The topological polar surface area (TPSA) is 80.9 Å². The van der Waals surface area contributed by atoms with Gasteiger partial charge in [0.05, 0.1) is 10.2 Å². The summed E-state index contributed by atoms with van der Waals surface area (Å²) in [5, 5.41) is 3.33. The van der Waals surface area contributed by atoms with E-state index in [1.54, 1.807) is 6.07 Å². The second-order valence-corrected chi connectivity index (χ2v) is 4.94. The average molecular weight is 270 g/mol. The molecule has 0 atom stereocenters. The van der Waals surface area contributed by atoms with Crippen molar-refractivity contribution >= 4 is 38.4 Å². The minimum absolute atomic E-state index is 0.242. The van der Waals surface area contributed by atoms with Crippen LogP contribution in [-0.2, 0) is 0 Å². The molecule has 0 spiro atoms. The van der Waals surface area contributed by atoms with Crippen LogP contribution in [0, 0.1) is 0 Å². The highest BCUT2D eigenvalue weighted by Gasteiger charge is 2.09. The van der Waals surface area contributed by atoms with Crippen molar-refractivity contribution in [1.82, 2.24) is 9.97 Å². The second kappa shape index (κ2) is 4.66. The summed E-state index contributed by atoms with van der Waals surface area (Å²) in [7, 11) is 0. The zero-order chi connectivity index (χ0) is 13.2. The Morgan fingerprint density at radius 1 is 1.26 bits per heavy atom. The molecule has 0 saturated heterocycles. The number of nitrogens with two attached hydrogens (primary N) is 1. The molecule has 0 fully saturated rings. The maximum Gasteiger partial charge on any atom is 0.257 e. The molecule has 3 N–H and O–H groups in total. The summed E-state index contributed by atoms with van der Waals surface area (Å²) in [6, 6.07) is 10.9. The first-order valence-electron chi connectivity index (χ1n) is 5.61. The molecule has 0 bridgehead atoms. The van der Waals surface area contributed by atoms with Crippen LogP contribution in [0.25, 0.3) is 10.2 Å². The standard InChI is InChI=1S/C13H10N4OS/c14-11-7-8(5-6-15-11)12(18)17-13-16-9-3-1-2-4-10(9)19-13/h1-7H,(H2,14,15)(H,16,17,18). The van der Waals surface area contributed by atoms with Gasteiger partial charge in [-0.3, -0.25) is 10.1 Å². The molecule has 1 amide bonds. The van der Waals surface area contributed by atoms with Gasteiger partial charge in [-0.1, -0.05) is 23.5 Å². The number of aromatic nitrogens is 2. The number of hydrogen-bond donors (Lipinski definition) is 2. The quantitative estimate of drug-likeness (QED) is 0.749. The second-order valence-electron chi connectivity index (χ2n) is 3.91. The van der Waals surface area contributed by atoms with Crippen molar-refractivity contribution in [2.75, 3.05) is 11.1 Å². The number of rotatable bonds is 2. The highest BCUT2D eigenvalue weighted by atomic mass is 32.1. The molecule has 0 radical (unpaired) electrons. The van der Waals surface area contributed by atoms with E-state index in [0.29, 0.717) is 16.5 Å². The SMILES string of the molecule is Nc1cc(C(=O)Nc2nc3ccccc3s2)ccn1. The Balaban J connectivity index is 1.86. The number of nitrogens with zero attached hydrogens (tertiary/aromatic N) is 2. The lowest BCUT2D eigenvalue weighted by Gasteiger charge is -2.01. The first-order chi connectivity index (χ1) is 9.22. The number of benzene rings is 1. The van der Waals surface area contributed by atoms with E-state index >= 15 is 0 Å². The molecule has 5 nitrogen and oxygen atoms in total. The molecule has 3 rings (SSSR count). The Morgan fingerprint density at radius 3 is 2.89 bits per heavy atom. The number of fused-ring (bicyclic) bond motifs is 1. The Kier molecular flexibility index (Phi) is 2.85. The number of nitrogen functional groups attached to an aromatic ring is 1. The summed E-state index contributed by atoms with van der Waals surface area (Å²) < 4.78 is 1.03. The monoisotopic (exact) mass is 270 g/mol. The van der Waals surface area contributed by atoms with Gasteiger partial charge in [-0.05, 0) is 24.3 Å². The van der Waals surface area contributed by atoms with Crippen LogP contribution in [0.3, 0.4) is 0 Å². The van der Waals surface area contributed by atoms with E-state index in [9.17, 15) is 4.79 Å². The van der Waals surface area contributed by atoms with Crippen LogP contribution in [0.2, 0.25) is 0 Å². The molecule has 6 heteroatoms. The summed E-state index contributed by atoms with van der Waals surface area (Å²) in [6.45, 7) is 0. The number of carbonyl (C=O) groups excluding carboxylic acids is 1. The van der Waals surface area contributed by atoms with Gasteiger partial charge in [0.15, 0.2) is 5.13 Å². The summed E-state index contributed by atoms with van der Waals surface area (Å²) in [4.78, 5) is 20.2. The number of hydrogen-bond acceptors (Lipinski definition) is 5. The molecule has 2 heterocycles. The number of pyridine rings is 1. The van der Waals surface area contributed by atoms with E-state index in [0.717, 1.165) is 10.2 Å². The third-order valence-corrected chi connectivity index (χ3v) is 3.51. The smallest absolute Gasteiger partial charge is 0.257 e. The lowest BCUT2D eigenvalue weighted by Crippen LogP contribution is -2.12. The fraction of sp³-hybridized carbons (Fsp3) is 0. The largest absolute Gasteiger partial charge is 0.384 e. The third-order valence-electron chi connectivity index (χ3n) is 2.56.